The number of nitrogens with one attached hydrogen (secondary N) is 2. The maximum absolute atomic E-state index is 13.3. The molecule has 1 aliphatic rings. The molecule has 3 rings (SSSR count). The van der Waals surface area contributed by atoms with Crippen LogP contribution in [0.3, 0.4) is 0 Å². The maximum atomic E-state index is 13.3. The summed E-state index contributed by atoms with van der Waals surface area (Å²) in [5.74, 6) is -0.609. The number of rotatable bonds is 5. The first kappa shape index (κ1) is 18.4. The van der Waals surface area contributed by atoms with E-state index in [1.165, 1.54) is 31.2 Å². The van der Waals surface area contributed by atoms with Gasteiger partial charge in [-0.15, -0.1) is 0 Å². The van der Waals surface area contributed by atoms with E-state index in [2.05, 4.69) is 10.0 Å². The summed E-state index contributed by atoms with van der Waals surface area (Å²) in [6.07, 6.45) is 4.27. The molecule has 2 aromatic rings. The maximum Gasteiger partial charge on any atom is 0.261 e. The summed E-state index contributed by atoms with van der Waals surface area (Å²) in [6.45, 7) is 1.51. The number of hydrogen-bond donors (Lipinski definition) is 2. The van der Waals surface area contributed by atoms with Crippen LogP contribution in [-0.4, -0.2) is 20.4 Å². The van der Waals surface area contributed by atoms with E-state index in [0.29, 0.717) is 11.3 Å². The third kappa shape index (κ3) is 4.22. The zero-order valence-corrected chi connectivity index (χ0v) is 15.3. The smallest absolute Gasteiger partial charge is 0.261 e. The van der Waals surface area contributed by atoms with Gasteiger partial charge in [0.25, 0.3) is 15.9 Å². The molecule has 0 heterocycles. The van der Waals surface area contributed by atoms with Gasteiger partial charge in [0, 0.05) is 17.3 Å². The lowest BCUT2D eigenvalue weighted by Gasteiger charge is -2.13. The highest BCUT2D eigenvalue weighted by Gasteiger charge is 2.19. The van der Waals surface area contributed by atoms with E-state index in [9.17, 15) is 17.6 Å². The van der Waals surface area contributed by atoms with Crippen molar-refractivity contribution < 1.29 is 17.6 Å². The van der Waals surface area contributed by atoms with Gasteiger partial charge in [0.2, 0.25) is 0 Å². The third-order valence-corrected chi connectivity index (χ3v) is 5.91. The van der Waals surface area contributed by atoms with E-state index < -0.39 is 15.8 Å². The van der Waals surface area contributed by atoms with E-state index in [1.807, 2.05) is 0 Å². The molecule has 1 fully saturated rings. The Hall–Kier alpha value is -2.41. The third-order valence-electron chi connectivity index (χ3n) is 4.53. The highest BCUT2D eigenvalue weighted by molar-refractivity contribution is 7.92. The number of carbonyl (C=O) groups is 1. The Bertz CT molecular complexity index is 905. The average molecular weight is 376 g/mol. The van der Waals surface area contributed by atoms with Crippen LogP contribution >= 0.6 is 0 Å². The van der Waals surface area contributed by atoms with Crippen molar-refractivity contribution in [1.82, 2.24) is 5.32 Å². The van der Waals surface area contributed by atoms with Crippen molar-refractivity contribution in [3.63, 3.8) is 0 Å². The molecule has 26 heavy (non-hydrogen) atoms. The van der Waals surface area contributed by atoms with E-state index in [0.717, 1.165) is 31.7 Å². The predicted molar refractivity (Wildman–Crippen MR) is 98.1 cm³/mol. The Labute approximate surface area is 152 Å². The van der Waals surface area contributed by atoms with Crippen molar-refractivity contribution in [3.05, 3.63) is 59.4 Å². The summed E-state index contributed by atoms with van der Waals surface area (Å²) >= 11 is 0. The molecule has 1 aliphatic carbocycles. The monoisotopic (exact) mass is 376 g/mol. The van der Waals surface area contributed by atoms with E-state index >= 15 is 0 Å². The van der Waals surface area contributed by atoms with Crippen molar-refractivity contribution in [3.8, 4) is 0 Å². The number of amides is 1. The van der Waals surface area contributed by atoms with Crippen LogP contribution < -0.4 is 10.0 Å². The van der Waals surface area contributed by atoms with Crippen LogP contribution in [-0.2, 0) is 10.0 Å². The fourth-order valence-corrected chi connectivity index (χ4v) is 4.17. The number of aryl methyl sites for hydroxylation is 1. The average Bonchev–Trinajstić information content (AvgIpc) is 3.10. The number of halogens is 1. The summed E-state index contributed by atoms with van der Waals surface area (Å²) in [6, 6.07) is 10.1. The van der Waals surface area contributed by atoms with Gasteiger partial charge in [-0.05, 0) is 67.8 Å². The van der Waals surface area contributed by atoms with Crippen molar-refractivity contribution in [2.24, 2.45) is 0 Å². The number of benzene rings is 2. The van der Waals surface area contributed by atoms with Crippen molar-refractivity contribution in [1.29, 1.82) is 0 Å². The Balaban J connectivity index is 1.69. The minimum atomic E-state index is -3.82. The SMILES string of the molecule is Cc1cc(S(=O)(=O)Nc2ccc(C(=O)NC3CCCC3)cc2)ccc1F. The van der Waals surface area contributed by atoms with Gasteiger partial charge in [0.15, 0.2) is 0 Å². The summed E-state index contributed by atoms with van der Waals surface area (Å²) in [5.41, 5.74) is 1.08. The molecule has 0 radical (unpaired) electrons. The highest BCUT2D eigenvalue weighted by atomic mass is 32.2. The molecular formula is C19H21FN2O3S. The molecule has 138 valence electrons. The molecule has 5 nitrogen and oxygen atoms in total. The molecular weight excluding hydrogens is 355 g/mol. The largest absolute Gasteiger partial charge is 0.349 e. The molecule has 0 aromatic heterocycles. The van der Waals surface area contributed by atoms with Crippen LogP contribution in [0.5, 0.6) is 0 Å². The summed E-state index contributed by atoms with van der Waals surface area (Å²) < 4.78 is 40.6. The topological polar surface area (TPSA) is 75.3 Å². The van der Waals surface area contributed by atoms with Crippen molar-refractivity contribution in [2.45, 2.75) is 43.5 Å². The normalized spacial score (nSPS) is 15.0. The number of carbonyl (C=O) groups excluding carboxylic acids is 1. The quantitative estimate of drug-likeness (QED) is 0.837. The van der Waals surface area contributed by atoms with E-state index in [-0.39, 0.29) is 22.4 Å². The van der Waals surface area contributed by atoms with Gasteiger partial charge in [-0.1, -0.05) is 12.8 Å². The van der Waals surface area contributed by atoms with Gasteiger partial charge >= 0.3 is 0 Å². The number of anilines is 1. The van der Waals surface area contributed by atoms with Gasteiger partial charge in [-0.3, -0.25) is 9.52 Å². The van der Waals surface area contributed by atoms with Crippen molar-refractivity contribution in [2.75, 3.05) is 4.72 Å². The second kappa shape index (κ2) is 7.45. The minimum Gasteiger partial charge on any atom is -0.349 e. The zero-order chi connectivity index (χ0) is 18.7. The molecule has 0 spiro atoms. The fourth-order valence-electron chi connectivity index (χ4n) is 3.03. The second-order valence-electron chi connectivity index (χ2n) is 6.55. The summed E-state index contributed by atoms with van der Waals surface area (Å²) in [7, 11) is -3.82. The van der Waals surface area contributed by atoms with Crippen LogP contribution in [0.1, 0.15) is 41.6 Å². The predicted octanol–water partition coefficient (Wildman–Crippen LogP) is 3.61. The molecule has 2 aromatic carbocycles. The zero-order valence-electron chi connectivity index (χ0n) is 14.5. The Morgan fingerprint density at radius 2 is 1.73 bits per heavy atom. The lowest BCUT2D eigenvalue weighted by atomic mass is 10.1. The first-order valence-corrected chi connectivity index (χ1v) is 10.0. The van der Waals surface area contributed by atoms with Gasteiger partial charge in [-0.2, -0.15) is 0 Å². The van der Waals surface area contributed by atoms with Crippen LogP contribution in [0.2, 0.25) is 0 Å². The highest BCUT2D eigenvalue weighted by Crippen LogP contribution is 2.20. The number of sulfonamides is 1. The molecule has 7 heteroatoms. The number of hydrogen-bond acceptors (Lipinski definition) is 3. The molecule has 0 unspecified atom stereocenters. The molecule has 0 atom stereocenters. The minimum absolute atomic E-state index is 0.0144. The molecule has 1 saturated carbocycles. The Kier molecular flexibility index (Phi) is 5.27. The first-order valence-electron chi connectivity index (χ1n) is 8.55. The molecule has 0 bridgehead atoms. The van der Waals surface area contributed by atoms with E-state index in [4.69, 9.17) is 0 Å². The van der Waals surface area contributed by atoms with E-state index in [1.54, 1.807) is 12.1 Å². The Morgan fingerprint density at radius 1 is 1.08 bits per heavy atom. The van der Waals surface area contributed by atoms with Crippen LogP contribution in [0, 0.1) is 12.7 Å². The molecule has 0 aliphatic heterocycles. The Morgan fingerprint density at radius 3 is 2.35 bits per heavy atom. The van der Waals surface area contributed by atoms with Gasteiger partial charge in [0.1, 0.15) is 5.82 Å². The van der Waals surface area contributed by atoms with Crippen LogP contribution in [0.15, 0.2) is 47.4 Å². The van der Waals surface area contributed by atoms with Crippen LogP contribution in [0.25, 0.3) is 0 Å². The fraction of sp³-hybridized carbons (Fsp3) is 0.316. The van der Waals surface area contributed by atoms with Crippen LogP contribution in [0.4, 0.5) is 10.1 Å². The van der Waals surface area contributed by atoms with Crippen molar-refractivity contribution >= 4 is 21.6 Å². The standard InChI is InChI=1S/C19H21FN2O3S/c1-13-12-17(10-11-18(13)20)26(24,25)22-16-8-6-14(7-9-16)19(23)21-15-4-2-3-5-15/h6-12,15,22H,2-5H2,1H3,(H,21,23). The lowest BCUT2D eigenvalue weighted by Crippen LogP contribution is -2.32. The molecule has 0 saturated heterocycles. The van der Waals surface area contributed by atoms with Gasteiger partial charge in [0.05, 0.1) is 4.90 Å². The van der Waals surface area contributed by atoms with Gasteiger partial charge < -0.3 is 5.32 Å². The first-order chi connectivity index (χ1) is 12.3. The molecule has 1 amide bonds. The summed E-state index contributed by atoms with van der Waals surface area (Å²) in [5, 5.41) is 2.99. The van der Waals surface area contributed by atoms with Gasteiger partial charge in [-0.25, -0.2) is 12.8 Å². The second-order valence-corrected chi connectivity index (χ2v) is 8.23. The molecule has 2 N–H and O–H groups in total. The summed E-state index contributed by atoms with van der Waals surface area (Å²) in [4.78, 5) is 12.2. The lowest BCUT2D eigenvalue weighted by molar-refractivity contribution is 0.0938.